The quantitative estimate of drug-likeness (QED) is 0.183. The average Bonchev–Trinajstić information content (AvgIpc) is 3.35. The SMILES string of the molecule is Cc1ccc(-c2ccc3c(c2)C(C)(C)c2cc(N(c4ccc(-c5ccccc5)cc4)c4ccc(-c5ccccc5)cc4)ccc2-3)cc1. The van der Waals surface area contributed by atoms with Gasteiger partial charge in [-0.05, 0) is 105 Å². The second-order valence-corrected chi connectivity index (χ2v) is 13.1. The largest absolute Gasteiger partial charge is 0.310 e. The molecule has 1 aliphatic carbocycles. The first-order valence-corrected chi connectivity index (χ1v) is 16.4. The molecule has 0 spiro atoms. The van der Waals surface area contributed by atoms with Gasteiger partial charge in [0.05, 0.1) is 0 Å². The molecule has 0 amide bonds. The molecule has 0 saturated heterocycles. The van der Waals surface area contributed by atoms with Crippen molar-refractivity contribution in [1.29, 1.82) is 0 Å². The van der Waals surface area contributed by atoms with Crippen LogP contribution in [0, 0.1) is 6.92 Å². The van der Waals surface area contributed by atoms with E-state index in [1.165, 1.54) is 61.2 Å². The van der Waals surface area contributed by atoms with Crippen molar-refractivity contribution in [3.63, 3.8) is 0 Å². The highest BCUT2D eigenvalue weighted by Gasteiger charge is 2.36. The van der Waals surface area contributed by atoms with Gasteiger partial charge in [-0.3, -0.25) is 0 Å². The van der Waals surface area contributed by atoms with Gasteiger partial charge in [-0.15, -0.1) is 0 Å². The normalized spacial score (nSPS) is 12.7. The van der Waals surface area contributed by atoms with Gasteiger partial charge in [-0.2, -0.15) is 0 Å². The van der Waals surface area contributed by atoms with Gasteiger partial charge in [0.1, 0.15) is 0 Å². The van der Waals surface area contributed by atoms with Crippen LogP contribution in [-0.4, -0.2) is 0 Å². The molecule has 0 aliphatic heterocycles. The molecular formula is C46H37N. The van der Waals surface area contributed by atoms with Crippen molar-refractivity contribution in [2.75, 3.05) is 4.90 Å². The van der Waals surface area contributed by atoms with Crippen LogP contribution in [-0.2, 0) is 5.41 Å². The van der Waals surface area contributed by atoms with Crippen molar-refractivity contribution < 1.29 is 0 Å². The maximum absolute atomic E-state index is 2.41. The lowest BCUT2D eigenvalue weighted by Crippen LogP contribution is -2.16. The molecule has 0 saturated carbocycles. The van der Waals surface area contributed by atoms with Crippen LogP contribution >= 0.6 is 0 Å². The first-order valence-electron chi connectivity index (χ1n) is 16.4. The Morgan fingerprint density at radius 1 is 0.362 bits per heavy atom. The summed E-state index contributed by atoms with van der Waals surface area (Å²) in [5.41, 5.74) is 17.4. The van der Waals surface area contributed by atoms with Crippen LogP contribution in [0.15, 0.2) is 170 Å². The molecule has 0 unspecified atom stereocenters. The highest BCUT2D eigenvalue weighted by molar-refractivity contribution is 5.87. The zero-order chi connectivity index (χ0) is 32.0. The predicted octanol–water partition coefficient (Wildman–Crippen LogP) is 12.8. The lowest BCUT2D eigenvalue weighted by atomic mass is 9.81. The summed E-state index contributed by atoms with van der Waals surface area (Å²) in [5.74, 6) is 0. The monoisotopic (exact) mass is 603 g/mol. The second kappa shape index (κ2) is 11.6. The molecule has 0 atom stereocenters. The minimum atomic E-state index is -0.138. The Bertz CT molecular complexity index is 2090. The average molecular weight is 604 g/mol. The van der Waals surface area contributed by atoms with E-state index in [-0.39, 0.29) is 5.41 Å². The summed E-state index contributed by atoms with van der Waals surface area (Å²) < 4.78 is 0. The highest BCUT2D eigenvalue weighted by atomic mass is 15.1. The van der Waals surface area contributed by atoms with Gasteiger partial charge in [-0.1, -0.05) is 147 Å². The summed E-state index contributed by atoms with van der Waals surface area (Å²) in [4.78, 5) is 2.39. The van der Waals surface area contributed by atoms with Crippen LogP contribution < -0.4 is 4.90 Å². The minimum Gasteiger partial charge on any atom is -0.310 e. The number of nitrogens with zero attached hydrogens (tertiary/aromatic N) is 1. The van der Waals surface area contributed by atoms with Crippen molar-refractivity contribution in [3.8, 4) is 44.5 Å². The zero-order valence-corrected chi connectivity index (χ0v) is 27.1. The number of anilines is 3. The number of aryl methyl sites for hydroxylation is 1. The number of benzene rings is 7. The molecule has 0 bridgehead atoms. The van der Waals surface area contributed by atoms with E-state index >= 15 is 0 Å². The van der Waals surface area contributed by atoms with Crippen molar-refractivity contribution >= 4 is 17.1 Å². The fourth-order valence-corrected chi connectivity index (χ4v) is 7.10. The number of hydrogen-bond acceptors (Lipinski definition) is 1. The van der Waals surface area contributed by atoms with Crippen molar-refractivity contribution in [2.45, 2.75) is 26.2 Å². The Labute approximate surface area is 278 Å². The molecule has 0 N–H and O–H groups in total. The van der Waals surface area contributed by atoms with Crippen LogP contribution in [0.4, 0.5) is 17.1 Å². The van der Waals surface area contributed by atoms with E-state index in [9.17, 15) is 0 Å². The lowest BCUT2D eigenvalue weighted by Gasteiger charge is -2.28. The summed E-state index contributed by atoms with van der Waals surface area (Å²) in [7, 11) is 0. The topological polar surface area (TPSA) is 3.24 Å². The van der Waals surface area contributed by atoms with Gasteiger partial charge in [0.2, 0.25) is 0 Å². The molecule has 47 heavy (non-hydrogen) atoms. The van der Waals surface area contributed by atoms with Crippen LogP contribution in [0.3, 0.4) is 0 Å². The third-order valence-electron chi connectivity index (χ3n) is 9.77. The maximum Gasteiger partial charge on any atom is 0.0465 e. The van der Waals surface area contributed by atoms with Crippen molar-refractivity contribution in [3.05, 3.63) is 187 Å². The van der Waals surface area contributed by atoms with Crippen LogP contribution in [0.2, 0.25) is 0 Å². The fourth-order valence-electron chi connectivity index (χ4n) is 7.10. The van der Waals surface area contributed by atoms with E-state index in [1.54, 1.807) is 0 Å². The Morgan fingerprint density at radius 3 is 1.28 bits per heavy atom. The van der Waals surface area contributed by atoms with Crippen LogP contribution in [0.1, 0.15) is 30.5 Å². The van der Waals surface area contributed by atoms with Crippen LogP contribution in [0.25, 0.3) is 44.5 Å². The Kier molecular flexibility index (Phi) is 7.11. The molecule has 0 fully saturated rings. The van der Waals surface area contributed by atoms with E-state index in [0.717, 1.165) is 17.1 Å². The van der Waals surface area contributed by atoms with Gasteiger partial charge < -0.3 is 4.90 Å². The van der Waals surface area contributed by atoms with E-state index in [1.807, 2.05) is 0 Å². The second-order valence-electron chi connectivity index (χ2n) is 13.1. The fraction of sp³-hybridized carbons (Fsp3) is 0.0870. The molecule has 0 heterocycles. The van der Waals surface area contributed by atoms with Gasteiger partial charge in [0.25, 0.3) is 0 Å². The Morgan fingerprint density at radius 2 is 0.745 bits per heavy atom. The molecule has 7 aromatic carbocycles. The molecule has 1 heteroatoms. The summed E-state index contributed by atoms with van der Waals surface area (Å²) in [6, 6.07) is 62.0. The first-order chi connectivity index (χ1) is 23.0. The summed E-state index contributed by atoms with van der Waals surface area (Å²) in [6.07, 6.45) is 0. The minimum absolute atomic E-state index is 0.138. The number of rotatable bonds is 6. The molecule has 1 aliphatic rings. The van der Waals surface area contributed by atoms with E-state index in [2.05, 4.69) is 196 Å². The third-order valence-corrected chi connectivity index (χ3v) is 9.77. The molecule has 1 nitrogen and oxygen atoms in total. The standard InChI is InChI=1S/C46H37N/c1-32-14-16-37(17-15-32)38-22-28-42-43-29-27-41(31-45(43)46(2,3)44(42)30-38)47(39-23-18-35(19-24-39)33-10-6-4-7-11-33)40-25-20-36(21-26-40)34-12-8-5-9-13-34/h4-31H,1-3H3. The maximum atomic E-state index is 2.41. The smallest absolute Gasteiger partial charge is 0.0465 e. The third kappa shape index (κ3) is 5.24. The van der Waals surface area contributed by atoms with Gasteiger partial charge in [-0.25, -0.2) is 0 Å². The van der Waals surface area contributed by atoms with Gasteiger partial charge in [0, 0.05) is 22.5 Å². The molecule has 8 rings (SSSR count). The lowest BCUT2D eigenvalue weighted by molar-refractivity contribution is 0.660. The van der Waals surface area contributed by atoms with Crippen molar-refractivity contribution in [2.24, 2.45) is 0 Å². The molecule has 0 aromatic heterocycles. The number of fused-ring (bicyclic) bond motifs is 3. The molecule has 7 aromatic rings. The van der Waals surface area contributed by atoms with E-state index in [4.69, 9.17) is 0 Å². The van der Waals surface area contributed by atoms with E-state index < -0.39 is 0 Å². The van der Waals surface area contributed by atoms with Gasteiger partial charge in [0.15, 0.2) is 0 Å². The van der Waals surface area contributed by atoms with E-state index in [0.29, 0.717) is 0 Å². The van der Waals surface area contributed by atoms with Crippen LogP contribution in [0.5, 0.6) is 0 Å². The Balaban J connectivity index is 1.21. The Hall–Kier alpha value is -5.66. The zero-order valence-electron chi connectivity index (χ0n) is 27.1. The number of hydrogen-bond donors (Lipinski definition) is 0. The van der Waals surface area contributed by atoms with Crippen molar-refractivity contribution in [1.82, 2.24) is 0 Å². The highest BCUT2D eigenvalue weighted by Crippen LogP contribution is 2.51. The molecule has 226 valence electrons. The summed E-state index contributed by atoms with van der Waals surface area (Å²) >= 11 is 0. The first kappa shape index (κ1) is 28.8. The predicted molar refractivity (Wildman–Crippen MR) is 200 cm³/mol. The summed E-state index contributed by atoms with van der Waals surface area (Å²) in [5, 5.41) is 0. The molecule has 0 radical (unpaired) electrons. The van der Waals surface area contributed by atoms with Gasteiger partial charge >= 0.3 is 0 Å². The molecular weight excluding hydrogens is 567 g/mol. The summed E-state index contributed by atoms with van der Waals surface area (Å²) in [6.45, 7) is 6.88.